The summed E-state index contributed by atoms with van der Waals surface area (Å²) in [4.78, 5) is 4.27. The van der Waals surface area contributed by atoms with E-state index >= 15 is 0 Å². The molecule has 6 nitrogen and oxygen atoms in total. The summed E-state index contributed by atoms with van der Waals surface area (Å²) in [6.45, 7) is 2.87. The van der Waals surface area contributed by atoms with Crippen molar-refractivity contribution >= 4 is 39.8 Å². The molecule has 0 aromatic heterocycles. The quantitative estimate of drug-likeness (QED) is 0.275. The van der Waals surface area contributed by atoms with Crippen molar-refractivity contribution < 1.29 is 21.9 Å². The molecule has 10 heteroatoms. The third-order valence-corrected chi connectivity index (χ3v) is 5.20. The van der Waals surface area contributed by atoms with E-state index in [1.807, 2.05) is 6.92 Å². The molecular formula is C15H22F2IN3O3S. The summed E-state index contributed by atoms with van der Waals surface area (Å²) in [5.41, 5.74) is 0. The van der Waals surface area contributed by atoms with Crippen LogP contribution < -0.4 is 15.4 Å². The normalized spacial score (nSPS) is 19.2. The predicted octanol–water partition coefficient (Wildman–Crippen LogP) is 1.70. The van der Waals surface area contributed by atoms with Crippen LogP contribution in [0.15, 0.2) is 23.2 Å². The van der Waals surface area contributed by atoms with Gasteiger partial charge in [0.15, 0.2) is 27.4 Å². The number of benzene rings is 1. The summed E-state index contributed by atoms with van der Waals surface area (Å²) in [5, 5.41) is 6.09. The summed E-state index contributed by atoms with van der Waals surface area (Å²) in [6, 6.07) is 2.93. The second kappa shape index (κ2) is 10.1. The van der Waals surface area contributed by atoms with Crippen LogP contribution in [-0.4, -0.2) is 51.6 Å². The van der Waals surface area contributed by atoms with E-state index in [9.17, 15) is 17.2 Å². The number of hydrogen-bond donors (Lipinski definition) is 2. The zero-order valence-corrected chi connectivity index (χ0v) is 16.9. The molecule has 1 atom stereocenters. The van der Waals surface area contributed by atoms with Gasteiger partial charge in [0, 0.05) is 18.7 Å². The van der Waals surface area contributed by atoms with Crippen molar-refractivity contribution in [2.75, 3.05) is 31.2 Å². The summed E-state index contributed by atoms with van der Waals surface area (Å²) in [7, 11) is -2.97. The smallest absolute Gasteiger partial charge is 0.191 e. The number of guanidine groups is 1. The summed E-state index contributed by atoms with van der Waals surface area (Å²) < 4.78 is 54.4. The first-order valence-electron chi connectivity index (χ1n) is 7.73. The van der Waals surface area contributed by atoms with Crippen LogP contribution in [0, 0.1) is 11.6 Å². The van der Waals surface area contributed by atoms with Crippen LogP contribution in [0.1, 0.15) is 13.3 Å². The summed E-state index contributed by atoms with van der Waals surface area (Å²) >= 11 is 0. The Kier molecular flexibility index (Phi) is 8.83. The van der Waals surface area contributed by atoms with Crippen LogP contribution >= 0.6 is 24.0 Å². The zero-order valence-electron chi connectivity index (χ0n) is 13.8. The second-order valence-electron chi connectivity index (χ2n) is 5.43. The van der Waals surface area contributed by atoms with Gasteiger partial charge in [-0.05, 0) is 25.5 Å². The Balaban J connectivity index is 0.00000312. The maximum Gasteiger partial charge on any atom is 0.191 e. The van der Waals surface area contributed by atoms with E-state index in [0.717, 1.165) is 12.1 Å². The lowest BCUT2D eigenvalue weighted by Crippen LogP contribution is -2.44. The van der Waals surface area contributed by atoms with E-state index in [1.165, 1.54) is 6.07 Å². The summed E-state index contributed by atoms with van der Waals surface area (Å²) in [5.74, 6) is -0.705. The fourth-order valence-corrected chi connectivity index (χ4v) is 4.00. The highest BCUT2D eigenvalue weighted by molar-refractivity contribution is 14.0. The minimum Gasteiger partial charge on any atom is -0.489 e. The monoisotopic (exact) mass is 489 g/mol. The van der Waals surface area contributed by atoms with E-state index in [1.54, 1.807) is 0 Å². The molecule has 1 saturated heterocycles. The Morgan fingerprint density at radius 2 is 2.16 bits per heavy atom. The molecule has 1 aliphatic heterocycles. The standard InChI is InChI=1S/C15H21F2N3O3S.HI/c1-2-18-15(20-12-5-8-24(21,22)10-12)19-6-7-23-14-4-3-11(16)9-13(14)17;/h3-4,9,12H,2,5-8,10H2,1H3,(H2,18,19,20);1H. The molecule has 0 radical (unpaired) electrons. The maximum absolute atomic E-state index is 13.4. The first-order chi connectivity index (χ1) is 11.4. The first-order valence-corrected chi connectivity index (χ1v) is 9.55. The van der Waals surface area contributed by atoms with Gasteiger partial charge in [0.25, 0.3) is 0 Å². The van der Waals surface area contributed by atoms with Crippen LogP contribution in [0.5, 0.6) is 5.75 Å². The van der Waals surface area contributed by atoms with E-state index in [-0.39, 0.29) is 60.4 Å². The van der Waals surface area contributed by atoms with E-state index in [0.29, 0.717) is 18.9 Å². The highest BCUT2D eigenvalue weighted by Crippen LogP contribution is 2.17. The van der Waals surface area contributed by atoms with Crippen LogP contribution in [-0.2, 0) is 9.84 Å². The number of nitrogens with zero attached hydrogens (tertiary/aromatic N) is 1. The molecule has 1 unspecified atom stereocenters. The van der Waals surface area contributed by atoms with Crippen molar-refractivity contribution in [3.63, 3.8) is 0 Å². The molecule has 1 aliphatic rings. The average Bonchev–Trinajstić information content (AvgIpc) is 2.84. The lowest BCUT2D eigenvalue weighted by atomic mass is 10.3. The molecule has 0 amide bonds. The minimum atomic E-state index is -2.97. The SMILES string of the molecule is CCNC(=NCCOc1ccc(F)cc1F)NC1CCS(=O)(=O)C1.I. The molecule has 2 N–H and O–H groups in total. The minimum absolute atomic E-state index is 0. The maximum atomic E-state index is 13.4. The number of halogens is 3. The molecular weight excluding hydrogens is 467 g/mol. The number of hydrogen-bond acceptors (Lipinski definition) is 4. The lowest BCUT2D eigenvalue weighted by Gasteiger charge is -2.15. The Bertz CT molecular complexity index is 701. The van der Waals surface area contributed by atoms with Gasteiger partial charge in [-0.1, -0.05) is 0 Å². The fourth-order valence-electron chi connectivity index (χ4n) is 2.33. The molecule has 0 spiro atoms. The van der Waals surface area contributed by atoms with E-state index < -0.39 is 21.5 Å². The van der Waals surface area contributed by atoms with Crippen molar-refractivity contribution in [3.05, 3.63) is 29.8 Å². The van der Waals surface area contributed by atoms with Gasteiger partial charge >= 0.3 is 0 Å². The molecule has 1 aromatic rings. The van der Waals surface area contributed by atoms with Crippen LogP contribution in [0.4, 0.5) is 8.78 Å². The molecule has 142 valence electrons. The van der Waals surface area contributed by atoms with Gasteiger partial charge in [-0.3, -0.25) is 0 Å². The molecule has 0 aliphatic carbocycles. The lowest BCUT2D eigenvalue weighted by molar-refractivity contribution is 0.310. The van der Waals surface area contributed by atoms with E-state index in [4.69, 9.17) is 4.74 Å². The highest BCUT2D eigenvalue weighted by Gasteiger charge is 2.28. The Labute approximate surface area is 163 Å². The van der Waals surface area contributed by atoms with Crippen molar-refractivity contribution in [1.82, 2.24) is 10.6 Å². The summed E-state index contributed by atoms with van der Waals surface area (Å²) in [6.07, 6.45) is 0.546. The number of ether oxygens (including phenoxy) is 1. The van der Waals surface area contributed by atoms with Gasteiger partial charge < -0.3 is 15.4 Å². The fraction of sp³-hybridized carbons (Fsp3) is 0.533. The van der Waals surface area contributed by atoms with Crippen LogP contribution in [0.25, 0.3) is 0 Å². The van der Waals surface area contributed by atoms with E-state index in [2.05, 4.69) is 15.6 Å². The van der Waals surface area contributed by atoms with Crippen LogP contribution in [0.3, 0.4) is 0 Å². The van der Waals surface area contributed by atoms with Gasteiger partial charge in [0.05, 0.1) is 18.1 Å². The molecule has 2 rings (SSSR count). The number of nitrogens with one attached hydrogen (secondary N) is 2. The molecule has 1 heterocycles. The molecule has 1 aromatic carbocycles. The van der Waals surface area contributed by atoms with Gasteiger partial charge in [-0.15, -0.1) is 24.0 Å². The van der Waals surface area contributed by atoms with Gasteiger partial charge in [0.1, 0.15) is 12.4 Å². The third kappa shape index (κ3) is 7.30. The Morgan fingerprint density at radius 1 is 1.40 bits per heavy atom. The van der Waals surface area contributed by atoms with Crippen LogP contribution in [0.2, 0.25) is 0 Å². The molecule has 0 bridgehead atoms. The molecule has 0 saturated carbocycles. The van der Waals surface area contributed by atoms with Crippen molar-refractivity contribution in [3.8, 4) is 5.75 Å². The zero-order chi connectivity index (χ0) is 17.6. The molecule has 25 heavy (non-hydrogen) atoms. The number of sulfone groups is 1. The first kappa shape index (κ1) is 21.9. The predicted molar refractivity (Wildman–Crippen MR) is 103 cm³/mol. The Morgan fingerprint density at radius 3 is 2.76 bits per heavy atom. The van der Waals surface area contributed by atoms with Gasteiger partial charge in [-0.25, -0.2) is 22.2 Å². The number of aliphatic imine (C=N–C) groups is 1. The third-order valence-electron chi connectivity index (χ3n) is 3.43. The van der Waals surface area contributed by atoms with Gasteiger partial charge in [-0.2, -0.15) is 0 Å². The Hall–Kier alpha value is -1.17. The highest BCUT2D eigenvalue weighted by atomic mass is 127. The van der Waals surface area contributed by atoms with Crippen molar-refractivity contribution in [2.24, 2.45) is 4.99 Å². The largest absolute Gasteiger partial charge is 0.489 e. The van der Waals surface area contributed by atoms with Crippen molar-refractivity contribution in [1.29, 1.82) is 0 Å². The number of rotatable bonds is 6. The molecule has 1 fully saturated rings. The average molecular weight is 489 g/mol. The van der Waals surface area contributed by atoms with Crippen molar-refractivity contribution in [2.45, 2.75) is 19.4 Å². The second-order valence-corrected chi connectivity index (χ2v) is 7.66. The van der Waals surface area contributed by atoms with Gasteiger partial charge in [0.2, 0.25) is 0 Å². The topological polar surface area (TPSA) is 79.8 Å².